The molecule has 2 atom stereocenters. The minimum atomic E-state index is -0.0498. The maximum Gasteiger partial charge on any atom is 0.125 e. The first-order chi connectivity index (χ1) is 9.63. The van der Waals surface area contributed by atoms with E-state index < -0.39 is 0 Å². The number of methoxy groups -OCH3 is 1. The van der Waals surface area contributed by atoms with Crippen molar-refractivity contribution in [3.05, 3.63) is 23.8 Å². The molecule has 4 heteroatoms. The zero-order chi connectivity index (χ0) is 14.5. The summed E-state index contributed by atoms with van der Waals surface area (Å²) in [6.45, 7) is 4.76. The molecule has 1 fully saturated rings. The van der Waals surface area contributed by atoms with Crippen LogP contribution in [-0.2, 0) is 4.74 Å². The molecule has 0 spiro atoms. The summed E-state index contributed by atoms with van der Waals surface area (Å²) < 4.78 is 11.0. The fourth-order valence-corrected chi connectivity index (χ4v) is 2.94. The number of ether oxygens (including phenoxy) is 2. The van der Waals surface area contributed by atoms with Gasteiger partial charge in [0.05, 0.1) is 13.7 Å². The van der Waals surface area contributed by atoms with Gasteiger partial charge in [-0.25, -0.2) is 0 Å². The zero-order valence-electron chi connectivity index (χ0n) is 12.8. The van der Waals surface area contributed by atoms with Crippen LogP contribution in [0.1, 0.15) is 31.4 Å². The van der Waals surface area contributed by atoms with Gasteiger partial charge in [-0.1, -0.05) is 6.07 Å². The van der Waals surface area contributed by atoms with E-state index in [1.54, 1.807) is 7.11 Å². The summed E-state index contributed by atoms with van der Waals surface area (Å²) in [6, 6.07) is 6.06. The lowest BCUT2D eigenvalue weighted by atomic mass is 10.00. The van der Waals surface area contributed by atoms with Crippen molar-refractivity contribution in [2.45, 2.75) is 25.8 Å². The molecule has 1 aromatic rings. The van der Waals surface area contributed by atoms with Crippen molar-refractivity contribution in [1.82, 2.24) is 0 Å². The number of rotatable bonds is 5. The van der Waals surface area contributed by atoms with Crippen molar-refractivity contribution in [1.29, 1.82) is 0 Å². The van der Waals surface area contributed by atoms with E-state index in [-0.39, 0.29) is 6.04 Å². The van der Waals surface area contributed by atoms with E-state index in [9.17, 15) is 0 Å². The molecule has 1 aliphatic rings. The number of nitrogens with two attached hydrogens (primary N) is 1. The molecule has 1 unspecified atom stereocenters. The first-order valence-corrected chi connectivity index (χ1v) is 7.34. The summed E-state index contributed by atoms with van der Waals surface area (Å²) in [6.07, 6.45) is 2.40. The third-order valence-electron chi connectivity index (χ3n) is 3.92. The van der Waals surface area contributed by atoms with E-state index in [0.717, 1.165) is 43.2 Å². The highest BCUT2D eigenvalue weighted by Gasteiger charge is 2.20. The van der Waals surface area contributed by atoms with Crippen LogP contribution < -0.4 is 15.4 Å². The number of benzene rings is 1. The van der Waals surface area contributed by atoms with Gasteiger partial charge in [0.1, 0.15) is 5.75 Å². The summed E-state index contributed by atoms with van der Waals surface area (Å²) in [7, 11) is 3.81. The summed E-state index contributed by atoms with van der Waals surface area (Å²) in [5, 5.41) is 0. The lowest BCUT2D eigenvalue weighted by Gasteiger charge is -2.30. The van der Waals surface area contributed by atoms with Crippen LogP contribution in [0.2, 0.25) is 0 Å². The van der Waals surface area contributed by atoms with Crippen LogP contribution in [0, 0.1) is 5.92 Å². The molecule has 0 saturated carbocycles. The van der Waals surface area contributed by atoms with Gasteiger partial charge in [-0.2, -0.15) is 0 Å². The minimum absolute atomic E-state index is 0.0498. The van der Waals surface area contributed by atoms with Crippen LogP contribution in [0.4, 0.5) is 5.69 Å². The molecule has 2 rings (SSSR count). The molecule has 4 nitrogen and oxygen atoms in total. The maximum atomic E-state index is 6.13. The lowest BCUT2D eigenvalue weighted by Crippen LogP contribution is -2.31. The van der Waals surface area contributed by atoms with E-state index in [2.05, 4.69) is 18.0 Å². The quantitative estimate of drug-likeness (QED) is 0.899. The van der Waals surface area contributed by atoms with Crippen molar-refractivity contribution in [3.63, 3.8) is 0 Å². The molecule has 1 aromatic carbocycles. The van der Waals surface area contributed by atoms with Gasteiger partial charge in [0.2, 0.25) is 0 Å². The van der Waals surface area contributed by atoms with Gasteiger partial charge >= 0.3 is 0 Å². The molecule has 2 N–H and O–H groups in total. The Morgan fingerprint density at radius 1 is 1.50 bits per heavy atom. The van der Waals surface area contributed by atoms with Crippen LogP contribution in [0.25, 0.3) is 0 Å². The smallest absolute Gasteiger partial charge is 0.125 e. The normalized spacial score (nSPS) is 20.5. The summed E-state index contributed by atoms with van der Waals surface area (Å²) in [4.78, 5) is 2.28. The Bertz CT molecular complexity index is 428. The number of hydrogen-bond acceptors (Lipinski definition) is 4. The second-order valence-corrected chi connectivity index (χ2v) is 5.65. The Kier molecular flexibility index (Phi) is 5.26. The van der Waals surface area contributed by atoms with Crippen LogP contribution in [-0.4, -0.2) is 33.9 Å². The molecule has 112 valence electrons. The van der Waals surface area contributed by atoms with Crippen LogP contribution >= 0.6 is 0 Å². The van der Waals surface area contributed by atoms with Crippen LogP contribution in [0.15, 0.2) is 18.2 Å². The fraction of sp³-hybridized carbons (Fsp3) is 0.625. The van der Waals surface area contributed by atoms with E-state index in [1.807, 2.05) is 19.1 Å². The number of nitrogens with zero attached hydrogens (tertiary/aromatic N) is 1. The largest absolute Gasteiger partial charge is 0.496 e. The number of anilines is 1. The van der Waals surface area contributed by atoms with Gasteiger partial charge in [-0.05, 0) is 37.8 Å². The topological polar surface area (TPSA) is 47.7 Å². The Hall–Kier alpha value is -1.26. The molecule has 0 bridgehead atoms. The molecule has 1 saturated heterocycles. The third-order valence-corrected chi connectivity index (χ3v) is 3.92. The molecule has 20 heavy (non-hydrogen) atoms. The Balaban J connectivity index is 2.17. The Labute approximate surface area is 121 Å². The zero-order valence-corrected chi connectivity index (χ0v) is 12.8. The summed E-state index contributed by atoms with van der Waals surface area (Å²) >= 11 is 0. The molecule has 1 heterocycles. The monoisotopic (exact) mass is 278 g/mol. The van der Waals surface area contributed by atoms with Gasteiger partial charge in [-0.3, -0.25) is 0 Å². The highest BCUT2D eigenvalue weighted by Crippen LogP contribution is 2.33. The standard InChI is InChI=1S/C16H26N2O2/c1-12(17)16-14(7-4-8-15(16)19-3)18(2)10-13-6-5-9-20-11-13/h4,7-8,12-13H,5-6,9-11,17H2,1-3H3/t12-,13?/m0/s1. The second-order valence-electron chi connectivity index (χ2n) is 5.65. The molecular formula is C16H26N2O2. The van der Waals surface area contributed by atoms with E-state index in [4.69, 9.17) is 15.2 Å². The predicted octanol–water partition coefficient (Wildman–Crippen LogP) is 2.58. The molecular weight excluding hydrogens is 252 g/mol. The average molecular weight is 278 g/mol. The first kappa shape index (κ1) is 15.1. The highest BCUT2D eigenvalue weighted by molar-refractivity contribution is 5.60. The van der Waals surface area contributed by atoms with Crippen molar-refractivity contribution in [2.75, 3.05) is 38.8 Å². The van der Waals surface area contributed by atoms with Crippen molar-refractivity contribution in [3.8, 4) is 5.75 Å². The van der Waals surface area contributed by atoms with Gasteiger partial charge in [-0.15, -0.1) is 0 Å². The van der Waals surface area contributed by atoms with E-state index >= 15 is 0 Å². The van der Waals surface area contributed by atoms with Crippen LogP contribution in [0.3, 0.4) is 0 Å². The fourth-order valence-electron chi connectivity index (χ4n) is 2.94. The Morgan fingerprint density at radius 2 is 2.30 bits per heavy atom. The minimum Gasteiger partial charge on any atom is -0.496 e. The van der Waals surface area contributed by atoms with E-state index in [1.165, 1.54) is 6.42 Å². The van der Waals surface area contributed by atoms with Gasteiger partial charge < -0.3 is 20.1 Å². The van der Waals surface area contributed by atoms with Gasteiger partial charge in [0.15, 0.2) is 0 Å². The molecule has 0 aliphatic carbocycles. The molecule has 0 aromatic heterocycles. The van der Waals surface area contributed by atoms with Gasteiger partial charge in [0.25, 0.3) is 0 Å². The average Bonchev–Trinajstić information content (AvgIpc) is 2.47. The van der Waals surface area contributed by atoms with Crippen molar-refractivity contribution in [2.24, 2.45) is 11.7 Å². The predicted molar refractivity (Wildman–Crippen MR) is 82.4 cm³/mol. The van der Waals surface area contributed by atoms with E-state index in [0.29, 0.717) is 5.92 Å². The van der Waals surface area contributed by atoms with Crippen molar-refractivity contribution < 1.29 is 9.47 Å². The maximum absolute atomic E-state index is 6.13. The summed E-state index contributed by atoms with van der Waals surface area (Å²) in [5.74, 6) is 1.46. The van der Waals surface area contributed by atoms with Crippen LogP contribution in [0.5, 0.6) is 5.75 Å². The lowest BCUT2D eigenvalue weighted by molar-refractivity contribution is 0.0576. The van der Waals surface area contributed by atoms with Crippen molar-refractivity contribution >= 4 is 5.69 Å². The van der Waals surface area contributed by atoms with Gasteiger partial charge in [0, 0.05) is 37.5 Å². The SMILES string of the molecule is COc1cccc(N(C)CC2CCCOC2)c1[C@H](C)N. The number of hydrogen-bond donors (Lipinski definition) is 1. The molecule has 1 aliphatic heterocycles. The highest BCUT2D eigenvalue weighted by atomic mass is 16.5. The Morgan fingerprint density at radius 3 is 2.90 bits per heavy atom. The molecule has 0 radical (unpaired) electrons. The summed E-state index contributed by atoms with van der Waals surface area (Å²) in [5.41, 5.74) is 8.37. The third kappa shape index (κ3) is 3.44. The second kappa shape index (κ2) is 6.95. The molecule has 0 amide bonds. The first-order valence-electron chi connectivity index (χ1n) is 7.34.